The molecule has 21 heavy (non-hydrogen) atoms. The lowest BCUT2D eigenvalue weighted by Crippen LogP contribution is -2.35. The Hall–Kier alpha value is -2.31. The van der Waals surface area contributed by atoms with E-state index in [1.165, 1.54) is 7.11 Å². The number of pyridine rings is 1. The highest BCUT2D eigenvalue weighted by molar-refractivity contribution is 5.73. The third-order valence-electron chi connectivity index (χ3n) is 2.98. The zero-order valence-electron chi connectivity index (χ0n) is 12.3. The van der Waals surface area contributed by atoms with Crippen molar-refractivity contribution in [3.05, 3.63) is 23.9 Å². The van der Waals surface area contributed by atoms with E-state index in [2.05, 4.69) is 15.6 Å². The lowest BCUT2D eigenvalue weighted by atomic mass is 10.1. The molecular weight excluding hydrogens is 274 g/mol. The van der Waals surface area contributed by atoms with Gasteiger partial charge in [-0.05, 0) is 24.5 Å². The number of aliphatic carboxylic acids is 1. The van der Waals surface area contributed by atoms with Crippen LogP contribution in [0.25, 0.3) is 0 Å². The molecule has 0 radical (unpaired) electrons. The van der Waals surface area contributed by atoms with E-state index in [0.717, 1.165) is 5.56 Å². The average Bonchev–Trinajstić information content (AvgIpc) is 2.49. The van der Waals surface area contributed by atoms with Gasteiger partial charge in [-0.25, -0.2) is 9.78 Å². The zero-order chi connectivity index (χ0) is 15.7. The molecule has 0 fully saturated rings. The molecule has 7 heteroatoms. The predicted molar refractivity (Wildman–Crippen MR) is 77.1 cm³/mol. The second-order valence-electron chi connectivity index (χ2n) is 4.70. The molecular formula is C14H21N3O4. The third kappa shape index (κ3) is 6.60. The smallest absolute Gasteiger partial charge is 0.315 e. The zero-order valence-corrected chi connectivity index (χ0v) is 12.3. The fraction of sp³-hybridized carbons (Fsp3) is 0.500. The number of carbonyl (C=O) groups is 2. The van der Waals surface area contributed by atoms with E-state index >= 15 is 0 Å². The van der Waals surface area contributed by atoms with Crippen LogP contribution in [-0.2, 0) is 11.3 Å². The summed E-state index contributed by atoms with van der Waals surface area (Å²) in [6.45, 7) is 2.47. The van der Waals surface area contributed by atoms with Gasteiger partial charge in [0.15, 0.2) is 0 Å². The predicted octanol–water partition coefficient (Wildman–Crippen LogP) is 1.39. The molecule has 0 aliphatic rings. The van der Waals surface area contributed by atoms with Gasteiger partial charge in [0.25, 0.3) is 0 Å². The molecule has 0 saturated carbocycles. The summed E-state index contributed by atoms with van der Waals surface area (Å²) in [7, 11) is 1.53. The van der Waals surface area contributed by atoms with Crippen LogP contribution in [0.15, 0.2) is 18.3 Å². The number of carbonyl (C=O) groups excluding carboxylic acids is 1. The van der Waals surface area contributed by atoms with Gasteiger partial charge in [-0.2, -0.15) is 0 Å². The van der Waals surface area contributed by atoms with Crippen molar-refractivity contribution < 1.29 is 19.4 Å². The molecule has 0 spiro atoms. The summed E-state index contributed by atoms with van der Waals surface area (Å²) in [5, 5.41) is 14.1. The Morgan fingerprint density at radius 1 is 1.43 bits per heavy atom. The number of carboxylic acids is 1. The summed E-state index contributed by atoms with van der Waals surface area (Å²) in [4.78, 5) is 26.2. The Morgan fingerprint density at radius 2 is 2.19 bits per heavy atom. The van der Waals surface area contributed by atoms with Crippen LogP contribution in [0.3, 0.4) is 0 Å². The maximum Gasteiger partial charge on any atom is 0.315 e. The number of rotatable bonds is 8. The van der Waals surface area contributed by atoms with Crippen LogP contribution < -0.4 is 15.4 Å². The van der Waals surface area contributed by atoms with Crippen molar-refractivity contribution in [1.82, 2.24) is 15.6 Å². The minimum Gasteiger partial charge on any atom is -0.481 e. The molecule has 7 nitrogen and oxygen atoms in total. The van der Waals surface area contributed by atoms with Crippen LogP contribution in [0.2, 0.25) is 0 Å². The van der Waals surface area contributed by atoms with Gasteiger partial charge in [0.2, 0.25) is 5.88 Å². The van der Waals surface area contributed by atoms with Crippen LogP contribution in [0.4, 0.5) is 4.79 Å². The first-order chi connectivity index (χ1) is 10.0. The highest BCUT2D eigenvalue weighted by Crippen LogP contribution is 2.08. The van der Waals surface area contributed by atoms with Gasteiger partial charge in [-0.3, -0.25) is 4.79 Å². The number of aromatic nitrogens is 1. The Morgan fingerprint density at radius 3 is 2.86 bits per heavy atom. The average molecular weight is 295 g/mol. The molecule has 2 amide bonds. The molecule has 0 aliphatic heterocycles. The molecule has 116 valence electrons. The summed E-state index contributed by atoms with van der Waals surface area (Å²) < 4.78 is 5.00. The van der Waals surface area contributed by atoms with Gasteiger partial charge >= 0.3 is 12.0 Å². The number of hydrogen-bond acceptors (Lipinski definition) is 4. The lowest BCUT2D eigenvalue weighted by molar-refractivity contribution is -0.141. The minimum atomic E-state index is -0.814. The molecule has 1 rings (SSSR count). The van der Waals surface area contributed by atoms with Gasteiger partial charge in [0.05, 0.1) is 13.0 Å². The first-order valence-corrected chi connectivity index (χ1v) is 6.76. The van der Waals surface area contributed by atoms with E-state index in [9.17, 15) is 9.59 Å². The number of methoxy groups -OCH3 is 1. The molecule has 0 aromatic carbocycles. The second kappa shape index (κ2) is 8.78. The molecule has 0 saturated heterocycles. The van der Waals surface area contributed by atoms with E-state index in [0.29, 0.717) is 31.8 Å². The maximum atomic E-state index is 11.6. The Balaban J connectivity index is 2.20. The number of nitrogens with zero attached hydrogens (tertiary/aromatic N) is 1. The highest BCUT2D eigenvalue weighted by Gasteiger charge is 2.10. The molecule has 0 aliphatic carbocycles. The SMILES string of the molecule is COc1cc(CNC(=O)NCCCC(C)C(=O)O)ccn1. The van der Waals surface area contributed by atoms with E-state index in [-0.39, 0.29) is 11.9 Å². The monoisotopic (exact) mass is 295 g/mol. The Kier molecular flexibility index (Phi) is 7.00. The Bertz CT molecular complexity index is 479. The highest BCUT2D eigenvalue weighted by atomic mass is 16.5. The number of hydrogen-bond donors (Lipinski definition) is 3. The van der Waals surface area contributed by atoms with Gasteiger partial charge in [-0.1, -0.05) is 6.92 Å². The molecule has 1 aromatic rings. The number of nitrogens with one attached hydrogen (secondary N) is 2. The number of ether oxygens (including phenoxy) is 1. The fourth-order valence-electron chi connectivity index (χ4n) is 1.65. The first kappa shape index (κ1) is 16.7. The van der Waals surface area contributed by atoms with Crippen molar-refractivity contribution in [2.24, 2.45) is 5.92 Å². The van der Waals surface area contributed by atoms with Crippen molar-refractivity contribution in [3.63, 3.8) is 0 Å². The normalized spacial score (nSPS) is 11.5. The maximum absolute atomic E-state index is 11.6. The van der Waals surface area contributed by atoms with Gasteiger partial charge in [0.1, 0.15) is 0 Å². The fourth-order valence-corrected chi connectivity index (χ4v) is 1.65. The molecule has 1 atom stereocenters. The summed E-state index contributed by atoms with van der Waals surface area (Å²) in [6, 6.07) is 3.25. The van der Waals surface area contributed by atoms with Crippen molar-refractivity contribution in [2.45, 2.75) is 26.3 Å². The largest absolute Gasteiger partial charge is 0.481 e. The van der Waals surface area contributed by atoms with Crippen LogP contribution >= 0.6 is 0 Å². The number of urea groups is 1. The topological polar surface area (TPSA) is 101 Å². The lowest BCUT2D eigenvalue weighted by Gasteiger charge is -2.09. The van der Waals surface area contributed by atoms with E-state index < -0.39 is 5.97 Å². The molecule has 3 N–H and O–H groups in total. The summed E-state index contributed by atoms with van der Waals surface area (Å²) in [5.74, 6) is -0.706. The summed E-state index contributed by atoms with van der Waals surface area (Å²) >= 11 is 0. The molecule has 0 bridgehead atoms. The first-order valence-electron chi connectivity index (χ1n) is 6.76. The van der Waals surface area contributed by atoms with Gasteiger partial charge < -0.3 is 20.5 Å². The van der Waals surface area contributed by atoms with Gasteiger partial charge in [0, 0.05) is 25.4 Å². The van der Waals surface area contributed by atoms with Crippen LogP contribution in [-0.4, -0.2) is 35.7 Å². The molecule has 1 heterocycles. The summed E-state index contributed by atoms with van der Waals surface area (Å²) in [6.07, 6.45) is 2.78. The molecule has 1 aromatic heterocycles. The summed E-state index contributed by atoms with van der Waals surface area (Å²) in [5.41, 5.74) is 0.886. The third-order valence-corrected chi connectivity index (χ3v) is 2.98. The van der Waals surface area contributed by atoms with E-state index in [1.807, 2.05) is 0 Å². The van der Waals surface area contributed by atoms with Crippen LogP contribution in [0.1, 0.15) is 25.3 Å². The number of amides is 2. The Labute approximate surface area is 123 Å². The van der Waals surface area contributed by atoms with Crippen molar-refractivity contribution in [3.8, 4) is 5.88 Å². The van der Waals surface area contributed by atoms with E-state index in [4.69, 9.17) is 9.84 Å². The van der Waals surface area contributed by atoms with Gasteiger partial charge in [-0.15, -0.1) is 0 Å². The minimum absolute atomic E-state index is 0.284. The quantitative estimate of drug-likeness (QED) is 0.629. The van der Waals surface area contributed by atoms with Crippen molar-refractivity contribution in [2.75, 3.05) is 13.7 Å². The van der Waals surface area contributed by atoms with Crippen molar-refractivity contribution in [1.29, 1.82) is 0 Å². The second-order valence-corrected chi connectivity index (χ2v) is 4.70. The van der Waals surface area contributed by atoms with E-state index in [1.54, 1.807) is 25.3 Å². The number of carboxylic acid groups (broad SMARTS) is 1. The molecule has 1 unspecified atom stereocenters. The van der Waals surface area contributed by atoms with Crippen LogP contribution in [0.5, 0.6) is 5.88 Å². The standard InChI is InChI=1S/C14H21N3O4/c1-10(13(18)19)4-3-6-16-14(20)17-9-11-5-7-15-12(8-11)21-2/h5,7-8,10H,3-4,6,9H2,1-2H3,(H,18,19)(H2,16,17,20). The van der Waals surface area contributed by atoms with Crippen LogP contribution in [0, 0.1) is 5.92 Å². The van der Waals surface area contributed by atoms with Crippen molar-refractivity contribution >= 4 is 12.0 Å².